The number of ketones is 1. The number of rotatable bonds is 8. The van der Waals surface area contributed by atoms with Crippen LogP contribution in [-0.4, -0.2) is 15.5 Å². The van der Waals surface area contributed by atoms with Gasteiger partial charge in [-0.25, -0.2) is 8.78 Å². The number of hydrogen-bond donors (Lipinski definition) is 1. The highest BCUT2D eigenvalue weighted by Crippen LogP contribution is 2.34. The first-order chi connectivity index (χ1) is 15.9. The summed E-state index contributed by atoms with van der Waals surface area (Å²) in [4.78, 5) is 13.5. The Hall–Kier alpha value is -3.31. The van der Waals surface area contributed by atoms with E-state index in [0.29, 0.717) is 24.1 Å². The molecule has 4 aromatic rings. The molecule has 1 N–H and O–H groups in total. The largest absolute Gasteiger partial charge is 0.392 e. The summed E-state index contributed by atoms with van der Waals surface area (Å²) in [5.41, 5.74) is 5.01. The number of aliphatic hydroxyl groups excluding tert-OH is 1. The van der Waals surface area contributed by atoms with Gasteiger partial charge in [0.15, 0.2) is 17.4 Å². The second-order valence-corrected chi connectivity index (χ2v) is 8.67. The van der Waals surface area contributed by atoms with E-state index in [1.54, 1.807) is 0 Å². The highest BCUT2D eigenvalue weighted by atomic mass is 19.2. The lowest BCUT2D eigenvalue weighted by Crippen LogP contribution is -2.11. The van der Waals surface area contributed by atoms with E-state index < -0.39 is 11.6 Å². The van der Waals surface area contributed by atoms with Crippen LogP contribution in [0.5, 0.6) is 0 Å². The zero-order valence-electron chi connectivity index (χ0n) is 18.8. The number of hydrogen-bond acceptors (Lipinski definition) is 2. The van der Waals surface area contributed by atoms with Gasteiger partial charge in [0.05, 0.1) is 6.61 Å². The zero-order valence-corrected chi connectivity index (χ0v) is 18.8. The van der Waals surface area contributed by atoms with E-state index in [1.165, 1.54) is 6.07 Å². The molecule has 0 saturated carbocycles. The first-order valence-electron chi connectivity index (χ1n) is 11.2. The summed E-state index contributed by atoms with van der Waals surface area (Å²) < 4.78 is 29.0. The highest BCUT2D eigenvalue weighted by molar-refractivity contribution is 6.10. The highest BCUT2D eigenvalue weighted by Gasteiger charge is 2.24. The van der Waals surface area contributed by atoms with E-state index in [1.807, 2.05) is 36.4 Å². The molecule has 0 amide bonds. The van der Waals surface area contributed by atoms with Crippen molar-refractivity contribution in [2.45, 2.75) is 45.8 Å². The molecule has 5 heteroatoms. The lowest BCUT2D eigenvalue weighted by atomic mass is 9.96. The third kappa shape index (κ3) is 4.74. The topological polar surface area (TPSA) is 42.2 Å². The van der Waals surface area contributed by atoms with Crippen LogP contribution in [-0.2, 0) is 19.6 Å². The van der Waals surface area contributed by atoms with Crippen molar-refractivity contribution in [1.82, 2.24) is 4.57 Å². The van der Waals surface area contributed by atoms with Crippen LogP contribution in [0.4, 0.5) is 8.78 Å². The second-order valence-electron chi connectivity index (χ2n) is 8.67. The molecule has 0 aliphatic rings. The second kappa shape index (κ2) is 9.67. The summed E-state index contributed by atoms with van der Waals surface area (Å²) in [5.74, 6) is -1.74. The molecule has 0 atom stereocenters. The Kier molecular flexibility index (Phi) is 6.70. The van der Waals surface area contributed by atoms with Crippen LogP contribution in [0, 0.1) is 11.6 Å². The van der Waals surface area contributed by atoms with Crippen LogP contribution in [0.25, 0.3) is 10.9 Å². The first-order valence-corrected chi connectivity index (χ1v) is 11.2. The lowest BCUT2D eigenvalue weighted by molar-refractivity contribution is 0.0983. The van der Waals surface area contributed by atoms with Gasteiger partial charge in [0.2, 0.25) is 0 Å². The van der Waals surface area contributed by atoms with Gasteiger partial charge < -0.3 is 9.67 Å². The number of aromatic nitrogens is 1. The van der Waals surface area contributed by atoms with Gasteiger partial charge in [-0.1, -0.05) is 62.4 Å². The van der Waals surface area contributed by atoms with Gasteiger partial charge in [-0.2, -0.15) is 0 Å². The van der Waals surface area contributed by atoms with Crippen molar-refractivity contribution in [3.63, 3.8) is 0 Å². The summed E-state index contributed by atoms with van der Waals surface area (Å²) in [6.07, 6.45) is 0.518. The molecule has 170 valence electrons. The third-order valence-corrected chi connectivity index (χ3v) is 5.99. The molecule has 33 heavy (non-hydrogen) atoms. The predicted molar refractivity (Wildman–Crippen MR) is 127 cm³/mol. The fourth-order valence-electron chi connectivity index (χ4n) is 4.42. The Balaban J connectivity index is 1.78. The van der Waals surface area contributed by atoms with Gasteiger partial charge in [0.25, 0.3) is 0 Å². The molecule has 4 rings (SSSR count). The van der Waals surface area contributed by atoms with Crippen LogP contribution in [0.3, 0.4) is 0 Å². The molecule has 0 radical (unpaired) electrons. The molecule has 0 saturated heterocycles. The van der Waals surface area contributed by atoms with E-state index in [4.69, 9.17) is 0 Å². The number of benzene rings is 3. The average molecular weight is 448 g/mol. The average Bonchev–Trinajstić information content (AvgIpc) is 3.14. The monoisotopic (exact) mass is 447 g/mol. The molecule has 0 aliphatic carbocycles. The van der Waals surface area contributed by atoms with Crippen molar-refractivity contribution in [3.8, 4) is 0 Å². The van der Waals surface area contributed by atoms with Crippen molar-refractivity contribution in [1.29, 1.82) is 0 Å². The quantitative estimate of drug-likeness (QED) is 0.318. The number of Topliss-reactive ketones (excluding diaryl/α,β-unsaturated/α-hetero) is 1. The van der Waals surface area contributed by atoms with Crippen molar-refractivity contribution in [2.24, 2.45) is 0 Å². The maximum atomic E-state index is 13.6. The van der Waals surface area contributed by atoms with Crippen LogP contribution < -0.4 is 0 Å². The van der Waals surface area contributed by atoms with E-state index in [-0.39, 0.29) is 24.7 Å². The maximum Gasteiger partial charge on any atom is 0.165 e. The Labute approximate surface area is 192 Å². The fraction of sp³-hybridized carbons (Fsp3) is 0.250. The van der Waals surface area contributed by atoms with Crippen LogP contribution >= 0.6 is 0 Å². The van der Waals surface area contributed by atoms with Gasteiger partial charge >= 0.3 is 0 Å². The molecular formula is C28H27F2NO2. The molecule has 0 spiro atoms. The fourth-order valence-corrected chi connectivity index (χ4v) is 4.42. The summed E-state index contributed by atoms with van der Waals surface area (Å²) in [6, 6.07) is 19.5. The van der Waals surface area contributed by atoms with Gasteiger partial charge in [0.1, 0.15) is 0 Å². The van der Waals surface area contributed by atoms with Gasteiger partial charge in [0, 0.05) is 35.1 Å². The third-order valence-electron chi connectivity index (χ3n) is 5.99. The minimum Gasteiger partial charge on any atom is -0.392 e. The van der Waals surface area contributed by atoms with E-state index >= 15 is 0 Å². The van der Waals surface area contributed by atoms with Crippen molar-refractivity contribution >= 4 is 16.7 Å². The molecule has 0 fully saturated rings. The van der Waals surface area contributed by atoms with Crippen molar-refractivity contribution in [3.05, 3.63) is 106 Å². The number of halogens is 2. The van der Waals surface area contributed by atoms with Crippen molar-refractivity contribution in [2.75, 3.05) is 0 Å². The number of carbonyl (C=O) groups is 1. The van der Waals surface area contributed by atoms with Crippen LogP contribution in [0.2, 0.25) is 0 Å². The smallest absolute Gasteiger partial charge is 0.165 e. The molecule has 1 aromatic heterocycles. The number of carbonyl (C=O) groups excluding carboxylic acids is 1. The van der Waals surface area contributed by atoms with E-state index in [2.05, 4.69) is 30.5 Å². The number of aryl methyl sites for hydroxylation is 1. The standard InChI is InChI=1S/C28H27F2NO2/c1-18(2)28-27(26(33)13-10-19-9-12-23(29)24(30)14-19)22-11-8-21(17-32)15-25(22)31(28)16-20-6-4-3-5-7-20/h3-9,11-12,14-15,18,32H,10,13,16-17H2,1-2H3. The van der Waals surface area contributed by atoms with E-state index in [0.717, 1.165) is 39.9 Å². The normalized spacial score (nSPS) is 11.5. The van der Waals surface area contributed by atoms with Gasteiger partial charge in [-0.15, -0.1) is 0 Å². The van der Waals surface area contributed by atoms with Gasteiger partial charge in [-0.3, -0.25) is 4.79 Å². The number of aliphatic hydroxyl groups is 1. The summed E-state index contributed by atoms with van der Waals surface area (Å²) in [6.45, 7) is 4.66. The molecule has 0 bridgehead atoms. The maximum absolute atomic E-state index is 13.6. The van der Waals surface area contributed by atoms with E-state index in [9.17, 15) is 18.7 Å². The SMILES string of the molecule is CC(C)c1c(C(=O)CCc2ccc(F)c(F)c2)c2ccc(CO)cc2n1Cc1ccccc1. The zero-order chi connectivity index (χ0) is 23.5. The minimum atomic E-state index is -0.904. The predicted octanol–water partition coefficient (Wildman–Crippen LogP) is 6.40. The van der Waals surface area contributed by atoms with Crippen LogP contribution in [0.1, 0.15) is 58.9 Å². The molecular weight excluding hydrogens is 420 g/mol. The Bertz CT molecular complexity index is 1290. The summed E-state index contributed by atoms with van der Waals surface area (Å²) in [5, 5.41) is 10.5. The van der Waals surface area contributed by atoms with Crippen molar-refractivity contribution < 1.29 is 18.7 Å². The number of fused-ring (bicyclic) bond motifs is 1. The molecule has 1 heterocycles. The molecule has 3 aromatic carbocycles. The Morgan fingerprint density at radius 1 is 0.909 bits per heavy atom. The Morgan fingerprint density at radius 2 is 1.64 bits per heavy atom. The van der Waals surface area contributed by atoms with Gasteiger partial charge in [-0.05, 0) is 47.2 Å². The molecule has 0 aliphatic heterocycles. The number of nitrogens with zero attached hydrogens (tertiary/aromatic N) is 1. The minimum absolute atomic E-state index is 0.0306. The van der Waals surface area contributed by atoms with Crippen LogP contribution in [0.15, 0.2) is 66.7 Å². The Morgan fingerprint density at radius 3 is 2.30 bits per heavy atom. The summed E-state index contributed by atoms with van der Waals surface area (Å²) in [7, 11) is 0. The lowest BCUT2D eigenvalue weighted by Gasteiger charge is -2.15. The molecule has 0 unspecified atom stereocenters. The first kappa shape index (κ1) is 22.9. The molecule has 3 nitrogen and oxygen atoms in total. The summed E-state index contributed by atoms with van der Waals surface area (Å²) >= 11 is 0.